The summed E-state index contributed by atoms with van der Waals surface area (Å²) in [6.07, 6.45) is -3.43. The molecule has 2 bridgehead atoms. The Bertz CT molecular complexity index is 777. The molecular weight excluding hydrogens is 397 g/mol. The second-order valence-electron chi connectivity index (χ2n) is 8.22. The largest absolute Gasteiger partial charge is 0.484 e. The highest BCUT2D eigenvalue weighted by atomic mass is 35.5. The average Bonchev–Trinajstić information content (AvgIpc) is 2.87. The molecule has 3 aliphatic carbocycles. The summed E-state index contributed by atoms with van der Waals surface area (Å²) in [6.45, 7) is 0.0226. The Morgan fingerprint density at radius 1 is 1.25 bits per heavy atom. The molecule has 152 valence electrons. The van der Waals surface area contributed by atoms with Crippen LogP contribution >= 0.6 is 11.6 Å². The van der Waals surface area contributed by atoms with Crippen molar-refractivity contribution < 1.29 is 27.5 Å². The minimum absolute atomic E-state index is 0.0461. The van der Waals surface area contributed by atoms with E-state index in [9.17, 15) is 22.8 Å². The van der Waals surface area contributed by atoms with E-state index in [1.54, 1.807) is 29.2 Å². The van der Waals surface area contributed by atoms with Gasteiger partial charge < -0.3 is 15.0 Å². The van der Waals surface area contributed by atoms with E-state index >= 15 is 0 Å². The number of carbonyl (C=O) groups is 2. The number of halogens is 4. The maximum absolute atomic E-state index is 12.6. The Morgan fingerprint density at radius 2 is 1.89 bits per heavy atom. The van der Waals surface area contributed by atoms with Crippen LogP contribution in [0.4, 0.5) is 13.2 Å². The fourth-order valence-electron chi connectivity index (χ4n) is 4.87. The number of nitrogens with zero attached hydrogens (tertiary/aromatic N) is 1. The molecule has 5 rings (SSSR count). The standard InChI is InChI=1S/C19H20ClF3N2O3/c20-13-1-3-14(4-2-13)28-8-15(26)24-17-9-18(10-17,11-17)25-7-12(5-16(25)27)6-19(21,22)23/h1-4,12H,5-11H2,(H,24,26). The zero-order chi connectivity index (χ0) is 20.2. The summed E-state index contributed by atoms with van der Waals surface area (Å²) in [6, 6.07) is 6.67. The zero-order valence-electron chi connectivity index (χ0n) is 15.0. The molecule has 4 aliphatic rings. The van der Waals surface area contributed by atoms with Crippen LogP contribution in [0.5, 0.6) is 5.75 Å². The molecule has 28 heavy (non-hydrogen) atoms. The van der Waals surface area contributed by atoms with Gasteiger partial charge in [-0.15, -0.1) is 0 Å². The maximum Gasteiger partial charge on any atom is 0.389 e. The van der Waals surface area contributed by atoms with Crippen LogP contribution in [-0.2, 0) is 9.59 Å². The fourth-order valence-corrected chi connectivity index (χ4v) is 4.99. The van der Waals surface area contributed by atoms with Gasteiger partial charge in [-0.2, -0.15) is 13.2 Å². The normalized spacial score (nSPS) is 31.2. The summed E-state index contributed by atoms with van der Waals surface area (Å²) in [4.78, 5) is 25.9. The van der Waals surface area contributed by atoms with E-state index in [1.807, 2.05) is 0 Å². The van der Waals surface area contributed by atoms with Gasteiger partial charge in [0.25, 0.3) is 5.91 Å². The van der Waals surface area contributed by atoms with Crippen molar-refractivity contribution in [1.82, 2.24) is 10.2 Å². The second kappa shape index (κ2) is 6.54. The molecule has 2 amide bonds. The Morgan fingerprint density at radius 3 is 2.50 bits per heavy atom. The Labute approximate surface area is 165 Å². The first-order valence-electron chi connectivity index (χ1n) is 9.15. The molecule has 1 aromatic carbocycles. The molecule has 1 atom stereocenters. The van der Waals surface area contributed by atoms with Crippen LogP contribution < -0.4 is 10.1 Å². The van der Waals surface area contributed by atoms with Crippen molar-refractivity contribution in [3.8, 4) is 5.75 Å². The van der Waals surface area contributed by atoms with Crippen molar-refractivity contribution in [3.63, 3.8) is 0 Å². The van der Waals surface area contributed by atoms with Gasteiger partial charge in [0.2, 0.25) is 5.91 Å². The summed E-state index contributed by atoms with van der Waals surface area (Å²) in [5, 5.41) is 3.52. The minimum Gasteiger partial charge on any atom is -0.484 e. The van der Waals surface area contributed by atoms with Crippen LogP contribution in [0.3, 0.4) is 0 Å². The van der Waals surface area contributed by atoms with Crippen LogP contribution in [0, 0.1) is 5.92 Å². The maximum atomic E-state index is 12.6. The summed E-state index contributed by atoms with van der Waals surface area (Å²) >= 11 is 5.79. The van der Waals surface area contributed by atoms with Gasteiger partial charge in [-0.05, 0) is 49.4 Å². The number of rotatable bonds is 6. The lowest BCUT2D eigenvalue weighted by Gasteiger charge is -2.73. The van der Waals surface area contributed by atoms with Crippen LogP contribution in [-0.4, -0.2) is 47.1 Å². The molecule has 4 fully saturated rings. The van der Waals surface area contributed by atoms with Crippen molar-refractivity contribution in [2.24, 2.45) is 5.92 Å². The van der Waals surface area contributed by atoms with E-state index in [0.717, 1.165) is 0 Å². The van der Waals surface area contributed by atoms with E-state index in [1.165, 1.54) is 0 Å². The second-order valence-corrected chi connectivity index (χ2v) is 8.66. The molecule has 0 spiro atoms. The first-order chi connectivity index (χ1) is 13.1. The molecular formula is C19H20ClF3N2O3. The highest BCUT2D eigenvalue weighted by Gasteiger charge is 2.72. The Balaban J connectivity index is 1.24. The predicted molar refractivity (Wildman–Crippen MR) is 94.9 cm³/mol. The summed E-state index contributed by atoms with van der Waals surface area (Å²) < 4.78 is 43.2. The van der Waals surface area contributed by atoms with Crippen molar-refractivity contribution >= 4 is 23.4 Å². The van der Waals surface area contributed by atoms with Gasteiger partial charge in [-0.25, -0.2) is 0 Å². The third-order valence-electron chi connectivity index (χ3n) is 5.89. The monoisotopic (exact) mass is 416 g/mol. The van der Waals surface area contributed by atoms with Crippen LogP contribution in [0.1, 0.15) is 32.1 Å². The topological polar surface area (TPSA) is 58.6 Å². The number of carbonyl (C=O) groups excluding carboxylic acids is 2. The summed E-state index contributed by atoms with van der Waals surface area (Å²) in [7, 11) is 0. The number of benzene rings is 1. The molecule has 9 heteroatoms. The van der Waals surface area contributed by atoms with Gasteiger partial charge in [0.05, 0.1) is 0 Å². The molecule has 1 heterocycles. The van der Waals surface area contributed by atoms with E-state index in [2.05, 4.69) is 5.32 Å². The lowest BCUT2D eigenvalue weighted by molar-refractivity contribution is -0.188. The molecule has 0 aromatic heterocycles. The number of ether oxygens (including phenoxy) is 1. The van der Waals surface area contributed by atoms with Crippen molar-refractivity contribution in [3.05, 3.63) is 29.3 Å². The fraction of sp³-hybridized carbons (Fsp3) is 0.579. The number of amides is 2. The average molecular weight is 417 g/mol. The van der Waals surface area contributed by atoms with Crippen molar-refractivity contribution in [1.29, 1.82) is 0 Å². The SMILES string of the molecule is O=C(COc1ccc(Cl)cc1)NC12CC(N3CC(CC(F)(F)F)CC3=O)(C1)C2. The van der Waals surface area contributed by atoms with Gasteiger partial charge in [0.1, 0.15) is 5.75 Å². The molecule has 1 N–H and O–H groups in total. The van der Waals surface area contributed by atoms with Crippen LogP contribution in [0.15, 0.2) is 24.3 Å². The molecule has 0 radical (unpaired) electrons. The van der Waals surface area contributed by atoms with E-state index in [-0.39, 0.29) is 42.5 Å². The van der Waals surface area contributed by atoms with E-state index < -0.39 is 18.5 Å². The number of likely N-dealkylation sites (tertiary alicyclic amines) is 1. The zero-order valence-corrected chi connectivity index (χ0v) is 15.8. The van der Waals surface area contributed by atoms with Crippen molar-refractivity contribution in [2.45, 2.75) is 49.4 Å². The predicted octanol–water partition coefficient (Wildman–Crippen LogP) is 3.31. The minimum atomic E-state index is -4.25. The first kappa shape index (κ1) is 19.4. The number of alkyl halides is 3. The smallest absolute Gasteiger partial charge is 0.389 e. The number of hydrogen-bond acceptors (Lipinski definition) is 3. The van der Waals surface area contributed by atoms with Crippen LogP contribution in [0.2, 0.25) is 5.02 Å². The van der Waals surface area contributed by atoms with Gasteiger partial charge in [-0.3, -0.25) is 9.59 Å². The third-order valence-corrected chi connectivity index (χ3v) is 6.14. The Hall–Kier alpha value is -1.96. The quantitative estimate of drug-likeness (QED) is 0.774. The van der Waals surface area contributed by atoms with E-state index in [0.29, 0.717) is 30.0 Å². The van der Waals surface area contributed by atoms with Gasteiger partial charge in [0, 0.05) is 35.5 Å². The lowest BCUT2D eigenvalue weighted by Crippen LogP contribution is -2.84. The van der Waals surface area contributed by atoms with E-state index in [4.69, 9.17) is 16.3 Å². The Kier molecular flexibility index (Phi) is 4.52. The molecule has 1 aliphatic heterocycles. The third kappa shape index (κ3) is 3.66. The molecule has 3 saturated carbocycles. The molecule has 1 unspecified atom stereocenters. The highest BCUT2D eigenvalue weighted by Crippen LogP contribution is 2.64. The summed E-state index contributed by atoms with van der Waals surface area (Å²) in [5.74, 6) is -0.599. The number of nitrogens with one attached hydrogen (secondary N) is 1. The molecule has 1 aromatic rings. The van der Waals surface area contributed by atoms with Gasteiger partial charge in [0.15, 0.2) is 6.61 Å². The van der Waals surface area contributed by atoms with Crippen LogP contribution in [0.25, 0.3) is 0 Å². The van der Waals surface area contributed by atoms with Crippen molar-refractivity contribution in [2.75, 3.05) is 13.2 Å². The number of hydrogen-bond donors (Lipinski definition) is 1. The lowest BCUT2D eigenvalue weighted by atomic mass is 9.43. The molecule has 5 nitrogen and oxygen atoms in total. The van der Waals surface area contributed by atoms with Gasteiger partial charge >= 0.3 is 6.18 Å². The van der Waals surface area contributed by atoms with Gasteiger partial charge in [-0.1, -0.05) is 11.6 Å². The highest BCUT2D eigenvalue weighted by molar-refractivity contribution is 6.30. The molecule has 1 saturated heterocycles. The first-order valence-corrected chi connectivity index (χ1v) is 9.53. The summed E-state index contributed by atoms with van der Waals surface area (Å²) in [5.41, 5.74) is -0.732.